The Bertz CT molecular complexity index is 867. The Morgan fingerprint density at radius 1 is 0.844 bits per heavy atom. The minimum Gasteiger partial charge on any atom is -0.497 e. The molecule has 0 saturated heterocycles. The van der Waals surface area contributed by atoms with E-state index < -0.39 is 0 Å². The average Bonchev–Trinajstić information content (AvgIpc) is 2.81. The molecule has 0 amide bonds. The van der Waals surface area contributed by atoms with E-state index in [0.29, 0.717) is 25.3 Å². The molecule has 0 saturated carbocycles. The van der Waals surface area contributed by atoms with Gasteiger partial charge >= 0.3 is 0 Å². The molecule has 0 fully saturated rings. The third kappa shape index (κ3) is 6.98. The molecule has 0 heterocycles. The molecule has 0 radical (unpaired) electrons. The SMILES string of the molecule is CN=C(NCCc1c(OC)cc(OC)cc1OC)N(C)Cc1ccc(OC)cc1OC.I. The number of hydrogen-bond acceptors (Lipinski definition) is 6. The van der Waals surface area contributed by atoms with Gasteiger partial charge in [0, 0.05) is 56.5 Å². The zero-order valence-corrected chi connectivity index (χ0v) is 22.2. The van der Waals surface area contributed by atoms with Gasteiger partial charge < -0.3 is 33.9 Å². The topological polar surface area (TPSA) is 73.8 Å². The molecule has 9 heteroatoms. The monoisotopic (exact) mass is 559 g/mol. The number of aliphatic imine (C=N–C) groups is 1. The fraction of sp³-hybridized carbons (Fsp3) is 0.435. The van der Waals surface area contributed by atoms with Crippen LogP contribution in [0.15, 0.2) is 35.3 Å². The largest absolute Gasteiger partial charge is 0.497 e. The Kier molecular flexibility index (Phi) is 11.8. The van der Waals surface area contributed by atoms with E-state index in [2.05, 4.69) is 10.3 Å². The fourth-order valence-corrected chi connectivity index (χ4v) is 3.32. The minimum absolute atomic E-state index is 0. The summed E-state index contributed by atoms with van der Waals surface area (Å²) in [5.74, 6) is 4.44. The lowest BCUT2D eigenvalue weighted by molar-refractivity contribution is 0.368. The maximum atomic E-state index is 5.53. The van der Waals surface area contributed by atoms with E-state index in [4.69, 9.17) is 23.7 Å². The summed E-state index contributed by atoms with van der Waals surface area (Å²) in [6, 6.07) is 9.50. The third-order valence-corrected chi connectivity index (χ3v) is 4.95. The van der Waals surface area contributed by atoms with Crippen LogP contribution in [0.1, 0.15) is 11.1 Å². The Hall–Kier alpha value is -2.56. The number of ether oxygens (including phenoxy) is 5. The van der Waals surface area contributed by atoms with Gasteiger partial charge in [0.25, 0.3) is 0 Å². The second kappa shape index (κ2) is 13.8. The summed E-state index contributed by atoms with van der Waals surface area (Å²) in [6.45, 7) is 1.28. The molecule has 178 valence electrons. The van der Waals surface area contributed by atoms with Crippen molar-refractivity contribution >= 4 is 29.9 Å². The van der Waals surface area contributed by atoms with E-state index >= 15 is 0 Å². The minimum atomic E-state index is 0. The molecule has 0 aliphatic carbocycles. The zero-order chi connectivity index (χ0) is 22.8. The molecule has 8 nitrogen and oxygen atoms in total. The summed E-state index contributed by atoms with van der Waals surface area (Å²) in [6.07, 6.45) is 0.690. The number of rotatable bonds is 10. The molecule has 0 unspecified atom stereocenters. The summed E-state index contributed by atoms with van der Waals surface area (Å²) in [4.78, 5) is 6.44. The summed E-state index contributed by atoms with van der Waals surface area (Å²) >= 11 is 0. The molecule has 32 heavy (non-hydrogen) atoms. The molecular weight excluding hydrogens is 525 g/mol. The zero-order valence-electron chi connectivity index (χ0n) is 19.9. The number of benzene rings is 2. The van der Waals surface area contributed by atoms with Crippen LogP contribution in [0.2, 0.25) is 0 Å². The van der Waals surface area contributed by atoms with E-state index in [0.717, 1.165) is 40.1 Å². The van der Waals surface area contributed by atoms with Crippen LogP contribution in [0.4, 0.5) is 0 Å². The maximum absolute atomic E-state index is 5.53. The van der Waals surface area contributed by atoms with Gasteiger partial charge in [-0.2, -0.15) is 0 Å². The van der Waals surface area contributed by atoms with Gasteiger partial charge in [-0.25, -0.2) is 0 Å². The van der Waals surface area contributed by atoms with Gasteiger partial charge in [0.15, 0.2) is 5.96 Å². The lowest BCUT2D eigenvalue weighted by Gasteiger charge is -2.23. The van der Waals surface area contributed by atoms with Crippen LogP contribution in [-0.4, -0.2) is 67.0 Å². The Balaban J connectivity index is 0.00000512. The molecule has 2 rings (SSSR count). The molecule has 0 bridgehead atoms. The van der Waals surface area contributed by atoms with Gasteiger partial charge in [-0.15, -0.1) is 24.0 Å². The van der Waals surface area contributed by atoms with Crippen molar-refractivity contribution in [3.8, 4) is 28.7 Å². The Labute approximate surface area is 207 Å². The van der Waals surface area contributed by atoms with Crippen molar-refractivity contribution in [2.45, 2.75) is 13.0 Å². The third-order valence-electron chi connectivity index (χ3n) is 4.95. The quantitative estimate of drug-likeness (QED) is 0.271. The predicted molar refractivity (Wildman–Crippen MR) is 138 cm³/mol. The van der Waals surface area contributed by atoms with E-state index in [9.17, 15) is 0 Å². The summed E-state index contributed by atoms with van der Waals surface area (Å²) in [5.41, 5.74) is 2.00. The number of nitrogens with zero attached hydrogens (tertiary/aromatic N) is 2. The first-order valence-electron chi connectivity index (χ1n) is 9.92. The smallest absolute Gasteiger partial charge is 0.193 e. The van der Waals surface area contributed by atoms with Crippen molar-refractivity contribution < 1.29 is 23.7 Å². The molecular formula is C23H34IN3O5. The average molecular weight is 559 g/mol. The Morgan fingerprint density at radius 2 is 1.41 bits per heavy atom. The molecule has 1 N–H and O–H groups in total. The lowest BCUT2D eigenvalue weighted by atomic mass is 10.1. The summed E-state index contributed by atoms with van der Waals surface area (Å²) in [7, 11) is 11.9. The number of halogens is 1. The summed E-state index contributed by atoms with van der Waals surface area (Å²) in [5, 5.41) is 3.40. The second-order valence-corrected chi connectivity index (χ2v) is 6.77. The van der Waals surface area contributed by atoms with Gasteiger partial charge in [-0.05, 0) is 18.6 Å². The normalized spacial score (nSPS) is 10.7. The molecule has 0 aromatic heterocycles. The van der Waals surface area contributed by atoms with Crippen LogP contribution in [0.25, 0.3) is 0 Å². The summed E-state index contributed by atoms with van der Waals surface area (Å²) < 4.78 is 27.2. The number of nitrogens with one attached hydrogen (secondary N) is 1. The van der Waals surface area contributed by atoms with Gasteiger partial charge in [-0.3, -0.25) is 4.99 Å². The van der Waals surface area contributed by atoms with Gasteiger partial charge in [-0.1, -0.05) is 0 Å². The van der Waals surface area contributed by atoms with Crippen LogP contribution in [0, 0.1) is 0 Å². The first-order chi connectivity index (χ1) is 15.0. The van der Waals surface area contributed by atoms with E-state index in [-0.39, 0.29) is 24.0 Å². The molecule has 0 aliphatic heterocycles. The van der Waals surface area contributed by atoms with E-state index in [1.807, 2.05) is 42.3 Å². The lowest BCUT2D eigenvalue weighted by Crippen LogP contribution is -2.39. The van der Waals surface area contributed by atoms with Crippen molar-refractivity contribution in [3.63, 3.8) is 0 Å². The molecule has 2 aromatic rings. The van der Waals surface area contributed by atoms with Gasteiger partial charge in [0.05, 0.1) is 35.5 Å². The van der Waals surface area contributed by atoms with Gasteiger partial charge in [0.2, 0.25) is 0 Å². The maximum Gasteiger partial charge on any atom is 0.193 e. The number of methoxy groups -OCH3 is 5. The van der Waals surface area contributed by atoms with Crippen molar-refractivity contribution in [2.75, 3.05) is 56.2 Å². The van der Waals surface area contributed by atoms with Gasteiger partial charge in [0.1, 0.15) is 28.7 Å². The van der Waals surface area contributed by atoms with Crippen LogP contribution < -0.4 is 29.0 Å². The molecule has 0 aliphatic rings. The molecule has 0 atom stereocenters. The standard InChI is InChI=1S/C23H33N3O5.HI/c1-24-23(26(2)15-16-8-9-17(27-3)12-20(16)29-5)25-11-10-19-21(30-6)13-18(28-4)14-22(19)31-7;/h8-9,12-14H,10-11,15H2,1-7H3,(H,24,25);1H. The highest BCUT2D eigenvalue weighted by Crippen LogP contribution is 2.34. The van der Waals surface area contributed by atoms with E-state index in [1.54, 1.807) is 42.6 Å². The second-order valence-electron chi connectivity index (χ2n) is 6.77. The number of hydrogen-bond donors (Lipinski definition) is 1. The molecule has 2 aromatic carbocycles. The highest BCUT2D eigenvalue weighted by molar-refractivity contribution is 14.0. The van der Waals surface area contributed by atoms with Crippen molar-refractivity contribution in [1.82, 2.24) is 10.2 Å². The molecule has 0 spiro atoms. The van der Waals surface area contributed by atoms with Crippen molar-refractivity contribution in [2.24, 2.45) is 4.99 Å². The van der Waals surface area contributed by atoms with Crippen LogP contribution in [0.3, 0.4) is 0 Å². The van der Waals surface area contributed by atoms with Crippen molar-refractivity contribution in [1.29, 1.82) is 0 Å². The van der Waals surface area contributed by atoms with Crippen LogP contribution in [-0.2, 0) is 13.0 Å². The predicted octanol–water partition coefficient (Wildman–Crippen LogP) is 3.60. The van der Waals surface area contributed by atoms with Crippen molar-refractivity contribution in [3.05, 3.63) is 41.5 Å². The fourth-order valence-electron chi connectivity index (χ4n) is 3.32. The highest BCUT2D eigenvalue weighted by atomic mass is 127. The van der Waals surface area contributed by atoms with Crippen LogP contribution in [0.5, 0.6) is 28.7 Å². The highest BCUT2D eigenvalue weighted by Gasteiger charge is 2.15. The van der Waals surface area contributed by atoms with Crippen LogP contribution >= 0.6 is 24.0 Å². The first kappa shape index (κ1) is 27.5. The Morgan fingerprint density at radius 3 is 1.91 bits per heavy atom. The first-order valence-corrected chi connectivity index (χ1v) is 9.92. The van der Waals surface area contributed by atoms with E-state index in [1.165, 1.54) is 0 Å². The number of guanidine groups is 1.